The highest BCUT2D eigenvalue weighted by atomic mass is 16.4. The predicted molar refractivity (Wildman–Crippen MR) is 77.0 cm³/mol. The number of hydrogen-bond acceptors (Lipinski definition) is 3. The average Bonchev–Trinajstić information content (AvgIpc) is 2.81. The number of quaternary nitrogens is 1. The Morgan fingerprint density at radius 2 is 2.15 bits per heavy atom. The van der Waals surface area contributed by atoms with Gasteiger partial charge in [0.15, 0.2) is 0 Å². The third-order valence-corrected chi connectivity index (χ3v) is 3.73. The number of carbonyl (C=O) groups is 1. The molecule has 1 rings (SSSR count). The van der Waals surface area contributed by atoms with E-state index in [4.69, 9.17) is 5.11 Å². The zero-order chi connectivity index (χ0) is 15.2. The predicted octanol–water partition coefficient (Wildman–Crippen LogP) is 1.77. The van der Waals surface area contributed by atoms with E-state index in [2.05, 4.69) is 31.3 Å². The van der Waals surface area contributed by atoms with Crippen LogP contribution in [0.25, 0.3) is 0 Å². The van der Waals surface area contributed by atoms with Gasteiger partial charge in [-0.05, 0) is 19.8 Å². The Labute approximate surface area is 121 Å². The lowest BCUT2D eigenvalue weighted by Crippen LogP contribution is -2.38. The maximum atomic E-state index is 10.7. The number of unbranched alkanes of at least 4 members (excludes halogenated alkanes) is 1. The minimum atomic E-state index is -0.715. The van der Waals surface area contributed by atoms with Crippen molar-refractivity contribution in [1.82, 2.24) is 15.0 Å². The van der Waals surface area contributed by atoms with E-state index in [0.29, 0.717) is 0 Å². The molecule has 0 unspecified atom stereocenters. The van der Waals surface area contributed by atoms with Gasteiger partial charge in [-0.3, -0.25) is 9.48 Å². The van der Waals surface area contributed by atoms with Gasteiger partial charge in [-0.1, -0.05) is 18.6 Å². The first kappa shape index (κ1) is 16.6. The minimum absolute atomic E-state index is 0.260. The first-order valence-electron chi connectivity index (χ1n) is 7.28. The quantitative estimate of drug-likeness (QED) is 0.554. The number of carboxylic acid groups (broad SMARTS) is 1. The van der Waals surface area contributed by atoms with Gasteiger partial charge in [0.1, 0.15) is 12.2 Å². The minimum Gasteiger partial charge on any atom is -0.481 e. The van der Waals surface area contributed by atoms with Crippen molar-refractivity contribution in [3.05, 3.63) is 11.9 Å². The number of hydrogen-bond donors (Lipinski definition) is 1. The van der Waals surface area contributed by atoms with Crippen molar-refractivity contribution in [2.24, 2.45) is 5.92 Å². The Kier molecular flexibility index (Phi) is 6.13. The summed E-state index contributed by atoms with van der Waals surface area (Å²) in [4.78, 5) is 10.7. The normalized spacial score (nSPS) is 13.4. The lowest BCUT2D eigenvalue weighted by atomic mass is 10.0. The van der Waals surface area contributed by atoms with Crippen LogP contribution >= 0.6 is 0 Å². The molecule has 0 aliphatic heterocycles. The van der Waals surface area contributed by atoms with E-state index in [0.717, 1.165) is 49.1 Å². The first-order valence-corrected chi connectivity index (χ1v) is 7.28. The number of aryl methyl sites for hydroxylation is 1. The Morgan fingerprint density at radius 3 is 2.75 bits per heavy atom. The van der Waals surface area contributed by atoms with Crippen molar-refractivity contribution in [2.75, 3.05) is 20.6 Å². The Morgan fingerprint density at radius 1 is 1.45 bits per heavy atom. The molecular weight excluding hydrogens is 256 g/mol. The number of aliphatic carboxylic acids is 1. The summed E-state index contributed by atoms with van der Waals surface area (Å²) < 4.78 is 2.76. The van der Waals surface area contributed by atoms with Crippen molar-refractivity contribution in [3.8, 4) is 0 Å². The first-order chi connectivity index (χ1) is 9.34. The second-order valence-electron chi connectivity index (χ2n) is 6.12. The highest BCUT2D eigenvalue weighted by Crippen LogP contribution is 2.09. The van der Waals surface area contributed by atoms with E-state index in [1.807, 2.05) is 10.9 Å². The highest BCUT2D eigenvalue weighted by Gasteiger charge is 2.15. The van der Waals surface area contributed by atoms with Gasteiger partial charge < -0.3 is 9.59 Å². The second-order valence-corrected chi connectivity index (χ2v) is 6.12. The molecule has 0 aliphatic carbocycles. The van der Waals surface area contributed by atoms with Crippen LogP contribution in [0.5, 0.6) is 0 Å². The molecule has 0 saturated carbocycles. The van der Waals surface area contributed by atoms with Crippen LogP contribution in [-0.2, 0) is 17.9 Å². The summed E-state index contributed by atoms with van der Waals surface area (Å²) in [5, 5.41) is 17.1. The molecule has 6 heteroatoms. The molecule has 114 valence electrons. The zero-order valence-corrected chi connectivity index (χ0v) is 13.0. The third kappa shape index (κ3) is 5.69. The standard InChI is InChI=1S/C14H26N4O2/c1-5-18(3,4)11-13-10-17(16-15-13)9-7-6-8-12(2)14(19)20/h10,12H,5-9,11H2,1-4H3/p+1/t12-/m0/s1. The zero-order valence-electron chi connectivity index (χ0n) is 13.0. The molecule has 1 N–H and O–H groups in total. The van der Waals surface area contributed by atoms with Crippen LogP contribution in [-0.4, -0.2) is 51.2 Å². The second kappa shape index (κ2) is 7.38. The maximum absolute atomic E-state index is 10.7. The monoisotopic (exact) mass is 283 g/mol. The molecule has 1 aromatic rings. The summed E-state index contributed by atoms with van der Waals surface area (Å²) in [6.07, 6.45) is 4.55. The molecule has 1 aromatic heterocycles. The number of carboxylic acids is 1. The Hall–Kier alpha value is -1.43. The van der Waals surface area contributed by atoms with Gasteiger partial charge in [-0.15, -0.1) is 5.10 Å². The molecule has 0 saturated heterocycles. The van der Waals surface area contributed by atoms with Crippen LogP contribution in [0.1, 0.15) is 38.8 Å². The summed E-state index contributed by atoms with van der Waals surface area (Å²) in [6, 6.07) is 0. The van der Waals surface area contributed by atoms with Crippen molar-refractivity contribution in [2.45, 2.75) is 46.2 Å². The van der Waals surface area contributed by atoms with Crippen LogP contribution in [0.2, 0.25) is 0 Å². The molecule has 0 spiro atoms. The van der Waals surface area contributed by atoms with Crippen molar-refractivity contribution in [1.29, 1.82) is 0 Å². The lowest BCUT2D eigenvalue weighted by molar-refractivity contribution is -0.902. The lowest BCUT2D eigenvalue weighted by Gasteiger charge is -2.26. The third-order valence-electron chi connectivity index (χ3n) is 3.73. The molecule has 6 nitrogen and oxygen atoms in total. The average molecular weight is 283 g/mol. The molecule has 1 atom stereocenters. The van der Waals surface area contributed by atoms with Crippen LogP contribution in [0.15, 0.2) is 6.20 Å². The number of nitrogens with zero attached hydrogens (tertiary/aromatic N) is 4. The van der Waals surface area contributed by atoms with Crippen molar-refractivity contribution in [3.63, 3.8) is 0 Å². The fraction of sp³-hybridized carbons (Fsp3) is 0.786. The van der Waals surface area contributed by atoms with Crippen LogP contribution in [0, 0.1) is 5.92 Å². The Balaban J connectivity index is 2.32. The van der Waals surface area contributed by atoms with E-state index in [-0.39, 0.29) is 5.92 Å². The summed E-state index contributed by atoms with van der Waals surface area (Å²) in [5.41, 5.74) is 1.01. The van der Waals surface area contributed by atoms with Gasteiger partial charge in [0.2, 0.25) is 0 Å². The highest BCUT2D eigenvalue weighted by molar-refractivity contribution is 5.69. The van der Waals surface area contributed by atoms with Gasteiger partial charge in [-0.25, -0.2) is 0 Å². The van der Waals surface area contributed by atoms with Crippen LogP contribution < -0.4 is 0 Å². The molecule has 20 heavy (non-hydrogen) atoms. The molecule has 0 aromatic carbocycles. The van der Waals surface area contributed by atoms with Gasteiger partial charge in [-0.2, -0.15) is 0 Å². The van der Waals surface area contributed by atoms with Crippen molar-refractivity contribution < 1.29 is 14.4 Å². The SMILES string of the molecule is CC[N+](C)(C)Cc1cn(CCCC[C@H](C)C(=O)O)nn1. The van der Waals surface area contributed by atoms with E-state index >= 15 is 0 Å². The summed E-state index contributed by atoms with van der Waals surface area (Å²) >= 11 is 0. The van der Waals surface area contributed by atoms with Crippen LogP contribution in [0.3, 0.4) is 0 Å². The fourth-order valence-electron chi connectivity index (χ4n) is 1.92. The summed E-state index contributed by atoms with van der Waals surface area (Å²) in [7, 11) is 4.35. The fourth-order valence-corrected chi connectivity index (χ4v) is 1.92. The van der Waals surface area contributed by atoms with E-state index in [9.17, 15) is 4.79 Å². The van der Waals surface area contributed by atoms with E-state index in [1.165, 1.54) is 0 Å². The molecule has 0 amide bonds. The van der Waals surface area contributed by atoms with Crippen molar-refractivity contribution >= 4 is 5.97 Å². The van der Waals surface area contributed by atoms with Crippen LogP contribution in [0.4, 0.5) is 0 Å². The maximum Gasteiger partial charge on any atom is 0.306 e. The van der Waals surface area contributed by atoms with Gasteiger partial charge in [0.25, 0.3) is 0 Å². The van der Waals surface area contributed by atoms with Gasteiger partial charge in [0.05, 0.1) is 32.8 Å². The molecule has 1 heterocycles. The van der Waals surface area contributed by atoms with E-state index in [1.54, 1.807) is 6.92 Å². The Bertz CT molecular complexity index is 429. The number of rotatable bonds is 9. The molecule has 0 bridgehead atoms. The van der Waals surface area contributed by atoms with Gasteiger partial charge in [0, 0.05) is 6.54 Å². The summed E-state index contributed by atoms with van der Waals surface area (Å²) in [6.45, 7) is 6.65. The smallest absolute Gasteiger partial charge is 0.306 e. The largest absolute Gasteiger partial charge is 0.481 e. The number of aromatic nitrogens is 3. The van der Waals surface area contributed by atoms with Gasteiger partial charge >= 0.3 is 5.97 Å². The summed E-state index contributed by atoms with van der Waals surface area (Å²) in [5.74, 6) is -0.975. The molecule has 0 radical (unpaired) electrons. The molecular formula is C14H27N4O2+. The molecule has 0 aliphatic rings. The molecule has 0 fully saturated rings. The topological polar surface area (TPSA) is 68.0 Å². The van der Waals surface area contributed by atoms with E-state index < -0.39 is 5.97 Å².